The van der Waals surface area contributed by atoms with Crippen molar-refractivity contribution in [2.45, 2.75) is 6.54 Å². The molecule has 0 aliphatic heterocycles. The summed E-state index contributed by atoms with van der Waals surface area (Å²) >= 11 is 5.85. The molecule has 104 valence electrons. The van der Waals surface area contributed by atoms with E-state index >= 15 is 0 Å². The van der Waals surface area contributed by atoms with Crippen molar-refractivity contribution in [3.05, 3.63) is 64.9 Å². The maximum atomic E-state index is 13.5. The zero-order valence-electron chi connectivity index (χ0n) is 10.7. The Morgan fingerprint density at radius 1 is 1.10 bits per heavy atom. The van der Waals surface area contributed by atoms with Crippen LogP contribution >= 0.6 is 11.6 Å². The van der Waals surface area contributed by atoms with E-state index in [0.29, 0.717) is 6.54 Å². The molecule has 0 spiro atoms. The van der Waals surface area contributed by atoms with Crippen molar-refractivity contribution in [3.8, 4) is 0 Å². The molecule has 0 aliphatic rings. The Bertz CT molecular complexity index is 569. The van der Waals surface area contributed by atoms with E-state index < -0.39 is 5.82 Å². The molecule has 2 aromatic carbocycles. The number of rotatable bonds is 5. The lowest BCUT2D eigenvalue weighted by Crippen LogP contribution is -2.29. The third-order valence-corrected chi connectivity index (χ3v) is 3.04. The molecule has 2 N–H and O–H groups in total. The number of para-hydroxylation sites is 1. The van der Waals surface area contributed by atoms with Crippen LogP contribution in [0, 0.1) is 5.82 Å². The summed E-state index contributed by atoms with van der Waals surface area (Å²) in [5.41, 5.74) is 1.15. The summed E-state index contributed by atoms with van der Waals surface area (Å²) in [6, 6.07) is 13.9. The highest BCUT2D eigenvalue weighted by Crippen LogP contribution is 2.24. The highest BCUT2D eigenvalue weighted by atomic mass is 35.5. The maximum Gasteiger partial charge on any atom is 0.239 e. The van der Waals surface area contributed by atoms with Crippen molar-refractivity contribution in [1.29, 1.82) is 0 Å². The van der Waals surface area contributed by atoms with Gasteiger partial charge in [-0.25, -0.2) is 4.39 Å². The second-order valence-corrected chi connectivity index (χ2v) is 4.62. The Labute approximate surface area is 121 Å². The maximum absolute atomic E-state index is 13.5. The predicted molar refractivity (Wildman–Crippen MR) is 78.2 cm³/mol. The minimum absolute atomic E-state index is 0.0342. The molecule has 0 radical (unpaired) electrons. The molecule has 0 fully saturated rings. The van der Waals surface area contributed by atoms with E-state index in [0.717, 1.165) is 5.56 Å². The molecule has 2 rings (SSSR count). The smallest absolute Gasteiger partial charge is 0.239 e. The van der Waals surface area contributed by atoms with Crippen molar-refractivity contribution < 1.29 is 9.18 Å². The summed E-state index contributed by atoms with van der Waals surface area (Å²) in [5, 5.41) is 5.69. The van der Waals surface area contributed by atoms with Crippen LogP contribution in [0.3, 0.4) is 0 Å². The number of carbonyl (C=O) groups excluding carboxylic acids is 1. The van der Waals surface area contributed by atoms with E-state index in [1.165, 1.54) is 12.1 Å². The molecular formula is C15H14ClFN2O. The quantitative estimate of drug-likeness (QED) is 0.888. The number of hydrogen-bond acceptors (Lipinski definition) is 2. The van der Waals surface area contributed by atoms with Gasteiger partial charge in [-0.05, 0) is 17.7 Å². The predicted octanol–water partition coefficient (Wildman–Crippen LogP) is 3.21. The molecule has 5 heteroatoms. The van der Waals surface area contributed by atoms with Crippen LogP contribution in [-0.4, -0.2) is 12.5 Å². The van der Waals surface area contributed by atoms with E-state index in [-0.39, 0.29) is 23.2 Å². The first kappa shape index (κ1) is 14.3. The Hall–Kier alpha value is -2.07. The fraction of sp³-hybridized carbons (Fsp3) is 0.133. The molecule has 0 heterocycles. The van der Waals surface area contributed by atoms with Gasteiger partial charge in [0.05, 0.1) is 17.3 Å². The highest BCUT2D eigenvalue weighted by Gasteiger charge is 2.08. The molecule has 0 aromatic heterocycles. The van der Waals surface area contributed by atoms with Gasteiger partial charge in [-0.2, -0.15) is 0 Å². The summed E-state index contributed by atoms with van der Waals surface area (Å²) < 4.78 is 13.5. The fourth-order valence-corrected chi connectivity index (χ4v) is 1.92. The number of benzene rings is 2. The van der Waals surface area contributed by atoms with Crippen molar-refractivity contribution in [2.24, 2.45) is 0 Å². The molecule has 1 amide bonds. The lowest BCUT2D eigenvalue weighted by Gasteiger charge is -2.10. The molecular weight excluding hydrogens is 279 g/mol. The average molecular weight is 293 g/mol. The van der Waals surface area contributed by atoms with Crippen LogP contribution in [0.25, 0.3) is 0 Å². The van der Waals surface area contributed by atoms with Gasteiger partial charge in [0, 0.05) is 6.54 Å². The Balaban J connectivity index is 1.84. The van der Waals surface area contributed by atoms with Crippen LogP contribution in [0.4, 0.5) is 10.1 Å². The van der Waals surface area contributed by atoms with Gasteiger partial charge in [-0.3, -0.25) is 4.79 Å². The van der Waals surface area contributed by atoms with Crippen molar-refractivity contribution in [2.75, 3.05) is 11.9 Å². The molecule has 3 nitrogen and oxygen atoms in total. The lowest BCUT2D eigenvalue weighted by molar-refractivity contribution is -0.119. The van der Waals surface area contributed by atoms with Crippen LogP contribution in [0.1, 0.15) is 5.56 Å². The number of nitrogens with one attached hydrogen (secondary N) is 2. The van der Waals surface area contributed by atoms with Gasteiger partial charge in [0.25, 0.3) is 0 Å². The van der Waals surface area contributed by atoms with Crippen molar-refractivity contribution >= 4 is 23.2 Å². The zero-order chi connectivity index (χ0) is 14.4. The summed E-state index contributed by atoms with van der Waals surface area (Å²) in [6.45, 7) is 0.403. The van der Waals surface area contributed by atoms with Gasteiger partial charge >= 0.3 is 0 Å². The van der Waals surface area contributed by atoms with Crippen molar-refractivity contribution in [3.63, 3.8) is 0 Å². The molecule has 0 saturated carbocycles. The molecule has 0 atom stereocenters. The standard InChI is InChI=1S/C15H14ClFN2O/c16-12-7-4-8-13(17)15(12)19-10-14(20)18-9-11-5-2-1-3-6-11/h1-8,19H,9-10H2,(H,18,20). The third kappa shape index (κ3) is 3.96. The van der Waals surface area contributed by atoms with Crippen LogP contribution < -0.4 is 10.6 Å². The van der Waals surface area contributed by atoms with E-state index in [1.807, 2.05) is 30.3 Å². The Kier molecular flexibility index (Phi) is 4.96. The van der Waals surface area contributed by atoms with E-state index in [2.05, 4.69) is 10.6 Å². The number of hydrogen-bond donors (Lipinski definition) is 2. The SMILES string of the molecule is O=C(CNc1c(F)cccc1Cl)NCc1ccccc1. The first-order valence-electron chi connectivity index (χ1n) is 6.15. The molecule has 0 unspecified atom stereocenters. The monoisotopic (exact) mass is 292 g/mol. The molecule has 0 bridgehead atoms. The summed E-state index contributed by atoms with van der Waals surface area (Å²) in [5.74, 6) is -0.707. The van der Waals surface area contributed by atoms with E-state index in [1.54, 1.807) is 6.07 Å². The Morgan fingerprint density at radius 3 is 2.55 bits per heavy atom. The number of halogens is 2. The van der Waals surface area contributed by atoms with Crippen LogP contribution in [0.2, 0.25) is 5.02 Å². The normalized spacial score (nSPS) is 10.1. The van der Waals surface area contributed by atoms with Crippen molar-refractivity contribution in [1.82, 2.24) is 5.32 Å². The fourth-order valence-electron chi connectivity index (χ4n) is 1.69. The van der Waals surface area contributed by atoms with Gasteiger partial charge in [0.2, 0.25) is 5.91 Å². The largest absolute Gasteiger partial charge is 0.373 e. The van der Waals surface area contributed by atoms with Gasteiger partial charge in [-0.1, -0.05) is 48.0 Å². The Morgan fingerprint density at radius 2 is 1.85 bits per heavy atom. The third-order valence-electron chi connectivity index (χ3n) is 2.72. The molecule has 20 heavy (non-hydrogen) atoms. The van der Waals surface area contributed by atoms with Gasteiger partial charge in [0.15, 0.2) is 0 Å². The van der Waals surface area contributed by atoms with Crippen LogP contribution in [-0.2, 0) is 11.3 Å². The summed E-state index contributed by atoms with van der Waals surface area (Å²) in [6.07, 6.45) is 0. The molecule has 2 aromatic rings. The molecule has 0 saturated heterocycles. The first-order chi connectivity index (χ1) is 9.66. The topological polar surface area (TPSA) is 41.1 Å². The first-order valence-corrected chi connectivity index (χ1v) is 6.53. The number of carbonyl (C=O) groups is 1. The summed E-state index contributed by atoms with van der Waals surface area (Å²) in [4.78, 5) is 11.7. The minimum Gasteiger partial charge on any atom is -0.373 e. The van der Waals surface area contributed by atoms with Gasteiger partial charge < -0.3 is 10.6 Å². The van der Waals surface area contributed by atoms with E-state index in [9.17, 15) is 9.18 Å². The average Bonchev–Trinajstić information content (AvgIpc) is 2.46. The minimum atomic E-state index is -0.478. The van der Waals surface area contributed by atoms with E-state index in [4.69, 9.17) is 11.6 Å². The highest BCUT2D eigenvalue weighted by molar-refractivity contribution is 6.33. The second-order valence-electron chi connectivity index (χ2n) is 4.21. The number of anilines is 1. The van der Waals surface area contributed by atoms with Crippen LogP contribution in [0.5, 0.6) is 0 Å². The zero-order valence-corrected chi connectivity index (χ0v) is 11.5. The van der Waals surface area contributed by atoms with Gasteiger partial charge in [-0.15, -0.1) is 0 Å². The lowest BCUT2D eigenvalue weighted by atomic mass is 10.2. The molecule has 0 aliphatic carbocycles. The summed E-state index contributed by atoms with van der Waals surface area (Å²) in [7, 11) is 0. The van der Waals surface area contributed by atoms with Gasteiger partial charge in [0.1, 0.15) is 5.82 Å². The number of amides is 1. The second kappa shape index (κ2) is 6.91. The van der Waals surface area contributed by atoms with Crippen LogP contribution in [0.15, 0.2) is 48.5 Å².